The molecule has 3 rings (SSSR count). The monoisotopic (exact) mass is 340 g/mol. The summed E-state index contributed by atoms with van der Waals surface area (Å²) in [5.74, 6) is 0.258. The van der Waals surface area contributed by atoms with E-state index in [-0.39, 0.29) is 17.9 Å². The zero-order valence-electron chi connectivity index (χ0n) is 15.4. The Labute approximate surface area is 150 Å². The van der Waals surface area contributed by atoms with Gasteiger partial charge in [-0.1, -0.05) is 36.8 Å². The van der Waals surface area contributed by atoms with Crippen LogP contribution in [0.4, 0.5) is 0 Å². The maximum Gasteiger partial charge on any atom is 0.255 e. The molecule has 0 spiro atoms. The molecule has 134 valence electrons. The van der Waals surface area contributed by atoms with Crippen LogP contribution in [0, 0.1) is 19.8 Å². The molecule has 2 unspecified atom stereocenters. The minimum absolute atomic E-state index is 0.0477. The van der Waals surface area contributed by atoms with Gasteiger partial charge in [0.25, 0.3) is 5.91 Å². The lowest BCUT2D eigenvalue weighted by molar-refractivity contribution is 0.0693. The molecule has 1 aromatic carbocycles. The first-order valence-electron chi connectivity index (χ1n) is 9.11. The van der Waals surface area contributed by atoms with Crippen molar-refractivity contribution < 1.29 is 9.90 Å². The smallest absolute Gasteiger partial charge is 0.255 e. The standard InChI is InChI=1S/C21H28N2O2/c1-15-12-19(16(2)23(15)13-17-8-5-4-6-9-17)21(25)22(3)14-18-10-7-11-20(18)24/h4-6,8-9,12,18,20,24H,7,10-11,13-14H2,1-3H3. The fraction of sp³-hybridized carbons (Fsp3) is 0.476. The van der Waals surface area contributed by atoms with Crippen molar-refractivity contribution in [3.05, 3.63) is 58.9 Å². The van der Waals surface area contributed by atoms with Gasteiger partial charge in [0.15, 0.2) is 0 Å². The highest BCUT2D eigenvalue weighted by Crippen LogP contribution is 2.27. The van der Waals surface area contributed by atoms with Gasteiger partial charge >= 0.3 is 0 Å². The second-order valence-electron chi connectivity index (χ2n) is 7.30. The maximum atomic E-state index is 12.9. The van der Waals surface area contributed by atoms with Gasteiger partial charge in [-0.2, -0.15) is 0 Å². The van der Waals surface area contributed by atoms with Crippen LogP contribution in [0.25, 0.3) is 0 Å². The number of amides is 1. The molecule has 4 nitrogen and oxygen atoms in total. The van der Waals surface area contributed by atoms with Crippen molar-refractivity contribution in [2.75, 3.05) is 13.6 Å². The van der Waals surface area contributed by atoms with E-state index in [1.165, 1.54) is 5.56 Å². The second kappa shape index (κ2) is 7.44. The van der Waals surface area contributed by atoms with Crippen LogP contribution in [-0.2, 0) is 6.54 Å². The van der Waals surface area contributed by atoms with Gasteiger partial charge in [-0.25, -0.2) is 0 Å². The largest absolute Gasteiger partial charge is 0.393 e. The summed E-state index contributed by atoms with van der Waals surface area (Å²) in [6, 6.07) is 12.3. The number of nitrogens with zero attached hydrogens (tertiary/aromatic N) is 2. The Balaban J connectivity index is 1.75. The molecule has 1 fully saturated rings. The molecule has 1 amide bonds. The highest BCUT2D eigenvalue weighted by atomic mass is 16.3. The number of rotatable bonds is 5. The van der Waals surface area contributed by atoms with Crippen LogP contribution in [-0.4, -0.2) is 40.2 Å². The molecular formula is C21H28N2O2. The van der Waals surface area contributed by atoms with E-state index in [4.69, 9.17) is 0 Å². The van der Waals surface area contributed by atoms with Crippen molar-refractivity contribution >= 4 is 5.91 Å². The van der Waals surface area contributed by atoms with E-state index in [1.54, 1.807) is 4.90 Å². The van der Waals surface area contributed by atoms with Crippen LogP contribution in [0.1, 0.15) is 46.6 Å². The molecule has 2 aromatic rings. The molecule has 0 saturated heterocycles. The highest BCUT2D eigenvalue weighted by molar-refractivity contribution is 5.95. The highest BCUT2D eigenvalue weighted by Gasteiger charge is 2.28. The normalized spacial score (nSPS) is 20.0. The van der Waals surface area contributed by atoms with E-state index in [2.05, 4.69) is 16.7 Å². The van der Waals surface area contributed by atoms with Crippen molar-refractivity contribution in [2.45, 2.75) is 45.8 Å². The summed E-state index contributed by atoms with van der Waals surface area (Å²) in [5, 5.41) is 10.0. The number of carbonyl (C=O) groups excluding carboxylic acids is 1. The molecule has 1 heterocycles. The Morgan fingerprint density at radius 2 is 1.96 bits per heavy atom. The van der Waals surface area contributed by atoms with E-state index in [1.807, 2.05) is 45.2 Å². The minimum atomic E-state index is -0.263. The molecule has 2 atom stereocenters. The number of benzene rings is 1. The lowest BCUT2D eigenvalue weighted by Gasteiger charge is -2.23. The van der Waals surface area contributed by atoms with Crippen LogP contribution in [0.5, 0.6) is 0 Å². The Bertz CT molecular complexity index is 736. The van der Waals surface area contributed by atoms with Crippen molar-refractivity contribution in [3.63, 3.8) is 0 Å². The predicted molar refractivity (Wildman–Crippen MR) is 99.8 cm³/mol. The van der Waals surface area contributed by atoms with E-state index in [0.717, 1.165) is 42.8 Å². The quantitative estimate of drug-likeness (QED) is 0.907. The number of hydrogen-bond acceptors (Lipinski definition) is 2. The summed E-state index contributed by atoms with van der Waals surface area (Å²) in [5.41, 5.74) is 4.10. The Morgan fingerprint density at radius 3 is 2.60 bits per heavy atom. The van der Waals surface area contributed by atoms with Gasteiger partial charge in [-0.3, -0.25) is 4.79 Å². The summed E-state index contributed by atoms with van der Waals surface area (Å²) in [4.78, 5) is 14.7. The van der Waals surface area contributed by atoms with Crippen LogP contribution >= 0.6 is 0 Å². The van der Waals surface area contributed by atoms with Gasteiger partial charge in [0, 0.05) is 37.4 Å². The number of aromatic nitrogens is 1. The first-order chi connectivity index (χ1) is 12.0. The van der Waals surface area contributed by atoms with Gasteiger partial charge in [0.2, 0.25) is 0 Å². The number of carbonyl (C=O) groups is 1. The zero-order valence-corrected chi connectivity index (χ0v) is 15.4. The first kappa shape index (κ1) is 17.7. The van der Waals surface area contributed by atoms with E-state index < -0.39 is 0 Å². The summed E-state index contributed by atoms with van der Waals surface area (Å²) < 4.78 is 2.20. The van der Waals surface area contributed by atoms with Gasteiger partial charge in [-0.05, 0) is 38.3 Å². The fourth-order valence-electron chi connectivity index (χ4n) is 3.90. The van der Waals surface area contributed by atoms with Crippen molar-refractivity contribution in [2.24, 2.45) is 5.92 Å². The lowest BCUT2D eigenvalue weighted by atomic mass is 10.1. The minimum Gasteiger partial charge on any atom is -0.393 e. The first-order valence-corrected chi connectivity index (χ1v) is 9.11. The number of hydrogen-bond donors (Lipinski definition) is 1. The summed E-state index contributed by atoms with van der Waals surface area (Å²) in [6.07, 6.45) is 2.66. The third-order valence-electron chi connectivity index (χ3n) is 5.46. The van der Waals surface area contributed by atoms with Crippen molar-refractivity contribution in [1.82, 2.24) is 9.47 Å². The summed E-state index contributed by atoms with van der Waals surface area (Å²) in [6.45, 7) is 5.47. The van der Waals surface area contributed by atoms with Crippen LogP contribution < -0.4 is 0 Å². The average Bonchev–Trinajstić information content (AvgIpc) is 3.13. The van der Waals surface area contributed by atoms with E-state index in [0.29, 0.717) is 6.54 Å². The Morgan fingerprint density at radius 1 is 1.24 bits per heavy atom. The van der Waals surface area contributed by atoms with Gasteiger partial charge in [0.1, 0.15) is 0 Å². The Hall–Kier alpha value is -2.07. The average molecular weight is 340 g/mol. The molecule has 1 aromatic heterocycles. The molecule has 0 bridgehead atoms. The predicted octanol–water partition coefficient (Wildman–Crippen LogP) is 3.39. The van der Waals surface area contributed by atoms with Gasteiger partial charge < -0.3 is 14.6 Å². The second-order valence-corrected chi connectivity index (χ2v) is 7.30. The summed E-state index contributed by atoms with van der Waals surface area (Å²) in [7, 11) is 1.84. The molecular weight excluding hydrogens is 312 g/mol. The molecule has 1 N–H and O–H groups in total. The number of aliphatic hydroxyl groups excluding tert-OH is 1. The van der Waals surface area contributed by atoms with E-state index in [9.17, 15) is 9.90 Å². The van der Waals surface area contributed by atoms with Crippen molar-refractivity contribution in [3.8, 4) is 0 Å². The number of aryl methyl sites for hydroxylation is 1. The third-order valence-corrected chi connectivity index (χ3v) is 5.46. The zero-order chi connectivity index (χ0) is 18.0. The maximum absolute atomic E-state index is 12.9. The third kappa shape index (κ3) is 3.79. The van der Waals surface area contributed by atoms with Crippen LogP contribution in [0.2, 0.25) is 0 Å². The van der Waals surface area contributed by atoms with Crippen molar-refractivity contribution in [1.29, 1.82) is 0 Å². The molecule has 1 aliphatic carbocycles. The SMILES string of the molecule is Cc1cc(C(=O)N(C)CC2CCCC2O)c(C)n1Cc1ccccc1. The molecule has 25 heavy (non-hydrogen) atoms. The molecule has 1 aliphatic rings. The molecule has 0 radical (unpaired) electrons. The van der Waals surface area contributed by atoms with Gasteiger partial charge in [0.05, 0.1) is 11.7 Å². The van der Waals surface area contributed by atoms with Crippen LogP contribution in [0.15, 0.2) is 36.4 Å². The number of aliphatic hydroxyl groups is 1. The summed E-state index contributed by atoms with van der Waals surface area (Å²) >= 11 is 0. The molecule has 1 saturated carbocycles. The lowest BCUT2D eigenvalue weighted by Crippen LogP contribution is -2.34. The van der Waals surface area contributed by atoms with Crippen LogP contribution in [0.3, 0.4) is 0 Å². The van der Waals surface area contributed by atoms with E-state index >= 15 is 0 Å². The molecule has 0 aliphatic heterocycles. The fourth-order valence-corrected chi connectivity index (χ4v) is 3.90. The topological polar surface area (TPSA) is 45.5 Å². The molecule has 4 heteroatoms. The Kier molecular flexibility index (Phi) is 5.28. The van der Waals surface area contributed by atoms with Gasteiger partial charge in [-0.15, -0.1) is 0 Å².